The van der Waals surface area contributed by atoms with Crippen LogP contribution in [0.1, 0.15) is 44.7 Å². The van der Waals surface area contributed by atoms with Gasteiger partial charge in [0.15, 0.2) is 0 Å². The van der Waals surface area contributed by atoms with E-state index in [1.165, 1.54) is 11.8 Å². The maximum atomic E-state index is 13.4. The molecule has 2 amide bonds. The zero-order valence-corrected chi connectivity index (χ0v) is 18.1. The van der Waals surface area contributed by atoms with Gasteiger partial charge in [-0.3, -0.25) is 9.59 Å². The third-order valence-electron chi connectivity index (χ3n) is 7.62. The van der Waals surface area contributed by atoms with E-state index in [-0.39, 0.29) is 34.4 Å². The molecule has 3 N–H and O–H groups in total. The highest BCUT2D eigenvalue weighted by atomic mass is 32.2. The molecule has 5 atom stereocenters. The lowest BCUT2D eigenvalue weighted by Gasteiger charge is -2.61. The monoisotopic (exact) mass is 419 g/mol. The highest BCUT2D eigenvalue weighted by Crippen LogP contribution is 2.57. The number of nitrogens with zero attached hydrogens (tertiary/aromatic N) is 1. The van der Waals surface area contributed by atoms with Crippen LogP contribution in [-0.2, 0) is 32.4 Å². The molecule has 4 rings (SSSR count). The van der Waals surface area contributed by atoms with Gasteiger partial charge in [-0.2, -0.15) is 0 Å². The summed E-state index contributed by atoms with van der Waals surface area (Å²) < 4.78 is 14.2. The van der Waals surface area contributed by atoms with Crippen LogP contribution in [0.4, 0.5) is 0 Å². The molecular weight excluding hydrogens is 390 g/mol. The maximum absolute atomic E-state index is 13.4. The third kappa shape index (κ3) is 2.99. The van der Waals surface area contributed by atoms with Gasteiger partial charge < -0.3 is 15.3 Å². The number of hydrogen-bond donors (Lipinski definition) is 3. The predicted molar refractivity (Wildman–Crippen MR) is 111 cm³/mol. The molecule has 158 valence electrons. The SMILES string of the molecule is CS(=O)NC1CC(C(=O)N2CC[C@@]3(C)c4cccc(O)c4C[C@@H]2C3(C)C)NC1=O. The third-order valence-corrected chi connectivity index (χ3v) is 8.24. The van der Waals surface area contributed by atoms with Crippen molar-refractivity contribution in [2.45, 2.75) is 63.6 Å². The van der Waals surface area contributed by atoms with E-state index in [9.17, 15) is 18.9 Å². The largest absolute Gasteiger partial charge is 0.508 e. The molecule has 7 nitrogen and oxygen atoms in total. The summed E-state index contributed by atoms with van der Waals surface area (Å²) >= 11 is 0. The molecule has 1 aromatic rings. The van der Waals surface area contributed by atoms with Crippen LogP contribution in [0.15, 0.2) is 18.2 Å². The molecule has 3 aliphatic rings. The molecule has 1 aliphatic carbocycles. The second-order valence-corrected chi connectivity index (χ2v) is 10.4. The maximum Gasteiger partial charge on any atom is 0.245 e. The summed E-state index contributed by atoms with van der Waals surface area (Å²) in [4.78, 5) is 27.5. The van der Waals surface area contributed by atoms with Gasteiger partial charge in [0.2, 0.25) is 11.8 Å². The summed E-state index contributed by atoms with van der Waals surface area (Å²) in [5.74, 6) is -0.0952. The summed E-state index contributed by atoms with van der Waals surface area (Å²) in [6, 6.07) is 4.40. The van der Waals surface area contributed by atoms with Crippen molar-refractivity contribution in [3.63, 3.8) is 0 Å². The molecule has 1 aromatic carbocycles. The van der Waals surface area contributed by atoms with Crippen molar-refractivity contribution in [2.24, 2.45) is 5.41 Å². The molecule has 0 spiro atoms. The lowest BCUT2D eigenvalue weighted by atomic mass is 9.51. The smallest absolute Gasteiger partial charge is 0.245 e. The van der Waals surface area contributed by atoms with Crippen molar-refractivity contribution in [3.05, 3.63) is 29.3 Å². The summed E-state index contributed by atoms with van der Waals surface area (Å²) in [6.07, 6.45) is 3.15. The molecule has 0 aromatic heterocycles. The standard InChI is InChI=1S/C21H29N3O4S/c1-20(2)17-10-12-13(6-5-7-16(12)25)21(20,3)8-9-24(17)19(27)15-11-14(18(26)22-15)23-29(4)28/h5-7,14-15,17,23,25H,8-11H2,1-4H3,(H,22,26)/t14?,15?,17-,21+,29?/m1/s1. The molecule has 2 aliphatic heterocycles. The number of nitrogens with one attached hydrogen (secondary N) is 2. The van der Waals surface area contributed by atoms with E-state index in [4.69, 9.17) is 0 Å². The fourth-order valence-corrected chi connectivity index (χ4v) is 6.13. The quantitative estimate of drug-likeness (QED) is 0.680. The van der Waals surface area contributed by atoms with Gasteiger partial charge in [0.1, 0.15) is 17.8 Å². The van der Waals surface area contributed by atoms with Crippen molar-refractivity contribution in [1.29, 1.82) is 0 Å². The Hall–Kier alpha value is -1.93. The molecule has 8 heteroatoms. The molecule has 0 saturated carbocycles. The van der Waals surface area contributed by atoms with Gasteiger partial charge in [-0.25, -0.2) is 8.93 Å². The first-order valence-corrected chi connectivity index (χ1v) is 11.6. The van der Waals surface area contributed by atoms with Gasteiger partial charge in [-0.05, 0) is 35.4 Å². The molecule has 2 saturated heterocycles. The molecule has 2 heterocycles. The first-order chi connectivity index (χ1) is 13.6. The van der Waals surface area contributed by atoms with Crippen molar-refractivity contribution in [3.8, 4) is 5.75 Å². The second kappa shape index (κ2) is 6.80. The Morgan fingerprint density at radius 1 is 1.34 bits per heavy atom. The van der Waals surface area contributed by atoms with Gasteiger partial charge >= 0.3 is 0 Å². The van der Waals surface area contributed by atoms with Gasteiger partial charge in [-0.15, -0.1) is 0 Å². The lowest BCUT2D eigenvalue weighted by Crippen LogP contribution is -2.66. The first-order valence-electron chi connectivity index (χ1n) is 10.1. The number of phenolic OH excluding ortho intramolecular Hbond substituents is 1. The van der Waals surface area contributed by atoms with Crippen LogP contribution in [0.25, 0.3) is 0 Å². The van der Waals surface area contributed by atoms with E-state index >= 15 is 0 Å². The normalized spacial score (nSPS) is 33.7. The Balaban J connectivity index is 1.63. The fraction of sp³-hybridized carbons (Fsp3) is 0.619. The van der Waals surface area contributed by atoms with E-state index < -0.39 is 23.1 Å². The van der Waals surface area contributed by atoms with Crippen molar-refractivity contribution in [2.75, 3.05) is 12.8 Å². The summed E-state index contributed by atoms with van der Waals surface area (Å²) in [5.41, 5.74) is 1.76. The van der Waals surface area contributed by atoms with E-state index in [1.807, 2.05) is 11.0 Å². The number of piperidine rings is 1. The number of hydrogen-bond acceptors (Lipinski definition) is 4. The predicted octanol–water partition coefficient (Wildman–Crippen LogP) is 0.973. The number of benzene rings is 1. The minimum absolute atomic E-state index is 0.0706. The van der Waals surface area contributed by atoms with Crippen LogP contribution in [0, 0.1) is 5.41 Å². The Labute approximate surface area is 173 Å². The number of phenols is 1. The van der Waals surface area contributed by atoms with Crippen molar-refractivity contribution in [1.82, 2.24) is 14.9 Å². The van der Waals surface area contributed by atoms with E-state index in [0.717, 1.165) is 12.0 Å². The number of fused-ring (bicyclic) bond motifs is 4. The van der Waals surface area contributed by atoms with Crippen LogP contribution < -0.4 is 10.0 Å². The molecular formula is C21H29N3O4S. The number of likely N-dealkylation sites (tertiary alicyclic amines) is 1. The number of amides is 2. The number of rotatable bonds is 3. The van der Waals surface area contributed by atoms with Crippen LogP contribution >= 0.6 is 0 Å². The Morgan fingerprint density at radius 3 is 2.76 bits per heavy atom. The molecule has 29 heavy (non-hydrogen) atoms. The van der Waals surface area contributed by atoms with E-state index in [1.54, 1.807) is 6.07 Å². The topological polar surface area (TPSA) is 98.7 Å². The zero-order valence-electron chi connectivity index (χ0n) is 17.3. The summed E-state index contributed by atoms with van der Waals surface area (Å²) in [7, 11) is -1.32. The van der Waals surface area contributed by atoms with Gasteiger partial charge in [0, 0.05) is 30.7 Å². The highest BCUT2D eigenvalue weighted by Gasteiger charge is 2.58. The van der Waals surface area contributed by atoms with Crippen molar-refractivity contribution < 1.29 is 18.9 Å². The second-order valence-electron chi connectivity index (χ2n) is 9.28. The summed E-state index contributed by atoms with van der Waals surface area (Å²) in [5, 5.41) is 13.3. The first kappa shape index (κ1) is 20.3. The average Bonchev–Trinajstić information content (AvgIpc) is 2.98. The summed E-state index contributed by atoms with van der Waals surface area (Å²) in [6.45, 7) is 7.24. The Bertz CT molecular complexity index is 902. The minimum Gasteiger partial charge on any atom is -0.508 e. The zero-order chi connectivity index (χ0) is 21.1. The number of aromatic hydroxyl groups is 1. The molecule has 2 bridgehead atoms. The minimum atomic E-state index is -1.32. The lowest BCUT2D eigenvalue weighted by molar-refractivity contribution is -0.146. The number of carbonyl (C=O) groups is 2. The average molecular weight is 420 g/mol. The van der Waals surface area contributed by atoms with Gasteiger partial charge in [0.05, 0.1) is 11.0 Å². The highest BCUT2D eigenvalue weighted by molar-refractivity contribution is 7.82. The Kier molecular flexibility index (Phi) is 4.77. The molecule has 3 unspecified atom stereocenters. The van der Waals surface area contributed by atoms with Crippen LogP contribution in [0.3, 0.4) is 0 Å². The van der Waals surface area contributed by atoms with Crippen LogP contribution in [-0.4, -0.2) is 57.0 Å². The Morgan fingerprint density at radius 2 is 2.07 bits per heavy atom. The fourth-order valence-electron chi connectivity index (χ4n) is 5.53. The van der Waals surface area contributed by atoms with Crippen LogP contribution in [0.5, 0.6) is 5.75 Å². The van der Waals surface area contributed by atoms with Crippen molar-refractivity contribution >= 4 is 22.8 Å². The molecule has 0 radical (unpaired) electrons. The van der Waals surface area contributed by atoms with Crippen LogP contribution in [0.2, 0.25) is 0 Å². The number of carbonyl (C=O) groups excluding carboxylic acids is 2. The van der Waals surface area contributed by atoms with E-state index in [0.29, 0.717) is 19.4 Å². The van der Waals surface area contributed by atoms with Gasteiger partial charge in [-0.1, -0.05) is 32.9 Å². The van der Waals surface area contributed by atoms with E-state index in [2.05, 4.69) is 36.9 Å². The molecule has 2 fully saturated rings. The van der Waals surface area contributed by atoms with Gasteiger partial charge in [0.25, 0.3) is 0 Å².